The zero-order valence-electron chi connectivity index (χ0n) is 14.9. The molecule has 0 atom stereocenters. The van der Waals surface area contributed by atoms with E-state index >= 15 is 0 Å². The average molecular weight is 561 g/mol. The first-order chi connectivity index (χ1) is 12.7. The van der Waals surface area contributed by atoms with Gasteiger partial charge in [-0.2, -0.15) is 0 Å². The van der Waals surface area contributed by atoms with Crippen LogP contribution in [0.4, 0.5) is 0 Å². The molecular formula is C19H22BrIN4OS. The number of furan rings is 1. The third-order valence-corrected chi connectivity index (χ3v) is 5.09. The average Bonchev–Trinajstić information content (AvgIpc) is 3.30. The van der Waals surface area contributed by atoms with Gasteiger partial charge in [-0.1, -0.05) is 28.1 Å². The molecule has 0 saturated heterocycles. The summed E-state index contributed by atoms with van der Waals surface area (Å²) in [5.74, 6) is 1.73. The second-order valence-corrected chi connectivity index (χ2v) is 8.00. The summed E-state index contributed by atoms with van der Waals surface area (Å²) in [5.41, 5.74) is 1.16. The van der Waals surface area contributed by atoms with Crippen molar-refractivity contribution in [3.05, 3.63) is 74.5 Å². The van der Waals surface area contributed by atoms with Crippen LogP contribution in [-0.4, -0.2) is 17.5 Å². The summed E-state index contributed by atoms with van der Waals surface area (Å²) in [6, 6.07) is 12.1. The third kappa shape index (κ3) is 7.63. The van der Waals surface area contributed by atoms with Crippen LogP contribution in [0, 0.1) is 6.92 Å². The fraction of sp³-hybridized carbons (Fsp3) is 0.263. The molecule has 2 heterocycles. The number of benzene rings is 1. The summed E-state index contributed by atoms with van der Waals surface area (Å²) in [6.45, 7) is 4.08. The molecule has 8 heteroatoms. The van der Waals surface area contributed by atoms with E-state index in [1.807, 2.05) is 30.5 Å². The van der Waals surface area contributed by atoms with E-state index in [2.05, 4.69) is 55.6 Å². The predicted molar refractivity (Wildman–Crippen MR) is 125 cm³/mol. The molecule has 27 heavy (non-hydrogen) atoms. The van der Waals surface area contributed by atoms with E-state index < -0.39 is 0 Å². The van der Waals surface area contributed by atoms with Crippen LogP contribution in [0.1, 0.15) is 21.2 Å². The number of guanidine groups is 1. The molecule has 3 aromatic rings. The monoisotopic (exact) mass is 560 g/mol. The van der Waals surface area contributed by atoms with Crippen LogP contribution in [0.15, 0.2) is 62.7 Å². The van der Waals surface area contributed by atoms with Gasteiger partial charge in [-0.3, -0.25) is 0 Å². The number of aryl methyl sites for hydroxylation is 1. The Hall–Kier alpha value is -1.39. The quantitative estimate of drug-likeness (QED) is 0.245. The van der Waals surface area contributed by atoms with Crippen molar-refractivity contribution in [2.24, 2.45) is 4.99 Å². The van der Waals surface area contributed by atoms with E-state index in [0.717, 1.165) is 39.7 Å². The molecule has 3 rings (SSSR count). The smallest absolute Gasteiger partial charge is 0.191 e. The Morgan fingerprint density at radius 1 is 1.22 bits per heavy atom. The normalized spacial score (nSPS) is 11.1. The zero-order chi connectivity index (χ0) is 18.2. The molecule has 0 amide bonds. The summed E-state index contributed by atoms with van der Waals surface area (Å²) in [6.07, 6.45) is 4.40. The van der Waals surface area contributed by atoms with Crippen molar-refractivity contribution < 1.29 is 4.42 Å². The van der Waals surface area contributed by atoms with Gasteiger partial charge in [0.1, 0.15) is 10.8 Å². The lowest BCUT2D eigenvalue weighted by Crippen LogP contribution is -2.38. The van der Waals surface area contributed by atoms with Gasteiger partial charge in [-0.25, -0.2) is 9.98 Å². The minimum Gasteiger partial charge on any atom is -0.469 e. The molecule has 0 unspecified atom stereocenters. The number of rotatable bonds is 7. The van der Waals surface area contributed by atoms with Crippen molar-refractivity contribution in [1.82, 2.24) is 15.6 Å². The Morgan fingerprint density at radius 2 is 2.04 bits per heavy atom. The zero-order valence-corrected chi connectivity index (χ0v) is 19.7. The maximum atomic E-state index is 5.37. The van der Waals surface area contributed by atoms with E-state index in [4.69, 9.17) is 4.42 Å². The minimum absolute atomic E-state index is 0. The third-order valence-electron chi connectivity index (χ3n) is 3.65. The molecule has 0 aliphatic rings. The molecule has 0 aliphatic heterocycles. The van der Waals surface area contributed by atoms with Crippen LogP contribution in [0.25, 0.3) is 0 Å². The number of nitrogens with zero attached hydrogens (tertiary/aromatic N) is 2. The van der Waals surface area contributed by atoms with E-state index in [1.165, 1.54) is 4.88 Å². The Kier molecular flexibility index (Phi) is 9.29. The number of thiazole rings is 1. The standard InChI is InChI=1S/C19H21BrN4OS.HI/c1-14-11-22-18(26-14)13-24-19(21-9-8-17-3-2-10-25-17)23-12-15-4-6-16(20)7-5-15;/h2-7,10-11H,8-9,12-13H2,1H3,(H2,21,23,24);1H. The van der Waals surface area contributed by atoms with E-state index in [-0.39, 0.29) is 24.0 Å². The van der Waals surface area contributed by atoms with Crippen LogP contribution < -0.4 is 10.6 Å². The highest BCUT2D eigenvalue weighted by Crippen LogP contribution is 2.12. The number of aliphatic imine (C=N–C) groups is 1. The number of hydrogen-bond acceptors (Lipinski definition) is 4. The predicted octanol–water partition coefficient (Wildman–Crippen LogP) is 4.90. The molecule has 2 aromatic heterocycles. The van der Waals surface area contributed by atoms with Gasteiger partial charge >= 0.3 is 0 Å². The summed E-state index contributed by atoms with van der Waals surface area (Å²) in [4.78, 5) is 10.3. The highest BCUT2D eigenvalue weighted by atomic mass is 127. The van der Waals surface area contributed by atoms with E-state index in [1.54, 1.807) is 17.6 Å². The van der Waals surface area contributed by atoms with Gasteiger partial charge in [0, 0.05) is 28.5 Å². The van der Waals surface area contributed by atoms with Crippen molar-refractivity contribution in [2.45, 2.75) is 26.4 Å². The Bertz CT molecular complexity index is 834. The van der Waals surface area contributed by atoms with Crippen LogP contribution in [-0.2, 0) is 19.5 Å². The highest BCUT2D eigenvalue weighted by molar-refractivity contribution is 14.0. The summed E-state index contributed by atoms with van der Waals surface area (Å²) in [5, 5.41) is 7.77. The van der Waals surface area contributed by atoms with Crippen LogP contribution >= 0.6 is 51.2 Å². The molecule has 0 fully saturated rings. The first-order valence-electron chi connectivity index (χ1n) is 8.39. The second-order valence-electron chi connectivity index (χ2n) is 5.77. The van der Waals surface area contributed by atoms with Gasteiger partial charge in [0.2, 0.25) is 0 Å². The highest BCUT2D eigenvalue weighted by Gasteiger charge is 2.03. The molecule has 0 bridgehead atoms. The maximum Gasteiger partial charge on any atom is 0.191 e. The molecule has 0 radical (unpaired) electrons. The molecule has 2 N–H and O–H groups in total. The minimum atomic E-state index is 0. The SMILES string of the molecule is Cc1cnc(CNC(=NCc2ccc(Br)cc2)NCCc2ccco2)s1.I. The molecular weight excluding hydrogens is 539 g/mol. The van der Waals surface area contributed by atoms with E-state index in [0.29, 0.717) is 13.1 Å². The van der Waals surface area contributed by atoms with Crippen molar-refractivity contribution in [3.63, 3.8) is 0 Å². The topological polar surface area (TPSA) is 62.5 Å². The lowest BCUT2D eigenvalue weighted by atomic mass is 10.2. The Morgan fingerprint density at radius 3 is 2.70 bits per heavy atom. The first kappa shape index (κ1) is 21.9. The Balaban J connectivity index is 0.00000261. The van der Waals surface area contributed by atoms with Crippen molar-refractivity contribution in [1.29, 1.82) is 0 Å². The van der Waals surface area contributed by atoms with Crippen LogP contribution in [0.2, 0.25) is 0 Å². The van der Waals surface area contributed by atoms with Crippen molar-refractivity contribution >= 4 is 57.2 Å². The van der Waals surface area contributed by atoms with E-state index in [9.17, 15) is 0 Å². The second kappa shape index (κ2) is 11.5. The first-order valence-corrected chi connectivity index (χ1v) is 10.0. The van der Waals surface area contributed by atoms with Crippen molar-refractivity contribution in [3.8, 4) is 0 Å². The van der Waals surface area contributed by atoms with Gasteiger partial charge in [0.15, 0.2) is 5.96 Å². The van der Waals surface area contributed by atoms with Crippen LogP contribution in [0.5, 0.6) is 0 Å². The number of aromatic nitrogens is 1. The molecule has 1 aromatic carbocycles. The number of nitrogens with one attached hydrogen (secondary N) is 2. The lowest BCUT2D eigenvalue weighted by molar-refractivity contribution is 0.506. The fourth-order valence-corrected chi connectivity index (χ4v) is 3.33. The van der Waals surface area contributed by atoms with Gasteiger partial charge in [-0.05, 0) is 36.8 Å². The number of halogens is 2. The van der Waals surface area contributed by atoms with Crippen LogP contribution in [0.3, 0.4) is 0 Å². The fourth-order valence-electron chi connectivity index (χ4n) is 2.34. The largest absolute Gasteiger partial charge is 0.469 e. The van der Waals surface area contributed by atoms with Gasteiger partial charge in [0.25, 0.3) is 0 Å². The van der Waals surface area contributed by atoms with Gasteiger partial charge < -0.3 is 15.1 Å². The van der Waals surface area contributed by atoms with Gasteiger partial charge in [0.05, 0.1) is 19.4 Å². The van der Waals surface area contributed by atoms with Gasteiger partial charge in [-0.15, -0.1) is 35.3 Å². The molecule has 0 spiro atoms. The molecule has 0 aliphatic carbocycles. The molecule has 5 nitrogen and oxygen atoms in total. The maximum absolute atomic E-state index is 5.37. The molecule has 0 saturated carbocycles. The summed E-state index contributed by atoms with van der Waals surface area (Å²) < 4.78 is 6.44. The Labute approximate surface area is 188 Å². The molecule has 144 valence electrons. The number of hydrogen-bond donors (Lipinski definition) is 2. The summed E-state index contributed by atoms with van der Waals surface area (Å²) >= 11 is 5.15. The summed E-state index contributed by atoms with van der Waals surface area (Å²) in [7, 11) is 0. The van der Waals surface area contributed by atoms with Crippen molar-refractivity contribution in [2.75, 3.05) is 6.54 Å². The lowest BCUT2D eigenvalue weighted by Gasteiger charge is -2.11.